The first-order valence-corrected chi connectivity index (χ1v) is 10.7. The van der Waals surface area contributed by atoms with Crippen molar-refractivity contribution in [2.24, 2.45) is 17.4 Å². The first-order valence-electron chi connectivity index (χ1n) is 10.7. The smallest absolute Gasteiger partial charge is 0.326 e. The van der Waals surface area contributed by atoms with Crippen LogP contribution in [0, 0.1) is 5.92 Å². The van der Waals surface area contributed by atoms with Gasteiger partial charge in [-0.3, -0.25) is 24.0 Å². The van der Waals surface area contributed by atoms with Crippen molar-refractivity contribution < 1.29 is 39.0 Å². The summed E-state index contributed by atoms with van der Waals surface area (Å²) >= 11 is 0. The number of hydrogen-bond donors (Lipinski definition) is 8. The number of nitrogens with one attached hydrogen (secondary N) is 4. The number of aliphatic carboxylic acids is 2. The van der Waals surface area contributed by atoms with Crippen LogP contribution in [0.3, 0.4) is 0 Å². The molecule has 0 radical (unpaired) electrons. The highest BCUT2D eigenvalue weighted by Crippen LogP contribution is 2.09. The monoisotopic (exact) mass is 497 g/mol. The average molecular weight is 498 g/mol. The van der Waals surface area contributed by atoms with Crippen molar-refractivity contribution in [2.45, 2.75) is 63.7 Å². The molecule has 4 amide bonds. The number of H-pyrrole nitrogens is 1. The Bertz CT molecular complexity index is 921. The molecule has 10 N–H and O–H groups in total. The van der Waals surface area contributed by atoms with E-state index in [9.17, 15) is 33.9 Å². The second-order valence-corrected chi connectivity index (χ2v) is 7.99. The van der Waals surface area contributed by atoms with Crippen LogP contribution in [0.15, 0.2) is 12.5 Å². The van der Waals surface area contributed by atoms with Crippen LogP contribution in [-0.2, 0) is 35.2 Å². The number of primary amides is 1. The first kappa shape index (κ1) is 29.0. The van der Waals surface area contributed by atoms with E-state index < -0.39 is 78.5 Å². The molecule has 0 fully saturated rings. The normalized spacial score (nSPS) is 15.1. The fourth-order valence-corrected chi connectivity index (χ4v) is 3.00. The molecule has 0 spiro atoms. The van der Waals surface area contributed by atoms with Gasteiger partial charge < -0.3 is 42.6 Å². The predicted octanol–water partition coefficient (Wildman–Crippen LogP) is -2.79. The van der Waals surface area contributed by atoms with Gasteiger partial charge in [-0.2, -0.15) is 0 Å². The lowest BCUT2D eigenvalue weighted by Crippen LogP contribution is -2.58. The van der Waals surface area contributed by atoms with Gasteiger partial charge in [-0.15, -0.1) is 0 Å². The molecular weight excluding hydrogens is 466 g/mol. The molecule has 0 aliphatic carbocycles. The Balaban J connectivity index is 3.09. The quantitative estimate of drug-likeness (QED) is 0.123. The van der Waals surface area contributed by atoms with E-state index in [1.807, 2.05) is 0 Å². The zero-order valence-corrected chi connectivity index (χ0v) is 19.3. The second-order valence-electron chi connectivity index (χ2n) is 7.99. The number of nitrogens with zero attached hydrogens (tertiary/aromatic N) is 1. The molecule has 1 heterocycles. The SMILES string of the molecule is CCC(C)C(NC(=O)C(CC(N)=O)NC(=O)C(Cc1cnc[nH]1)NC(=O)C(N)CC(=O)O)C(=O)O. The Morgan fingerprint density at radius 3 is 2.09 bits per heavy atom. The number of rotatable bonds is 15. The van der Waals surface area contributed by atoms with E-state index in [1.165, 1.54) is 12.5 Å². The minimum Gasteiger partial charge on any atom is -0.481 e. The van der Waals surface area contributed by atoms with E-state index in [-0.39, 0.29) is 6.42 Å². The highest BCUT2D eigenvalue weighted by atomic mass is 16.4. The van der Waals surface area contributed by atoms with Gasteiger partial charge in [0.15, 0.2) is 0 Å². The number of hydrogen-bond acceptors (Lipinski definition) is 8. The van der Waals surface area contributed by atoms with Crippen molar-refractivity contribution >= 4 is 35.6 Å². The average Bonchev–Trinajstić information content (AvgIpc) is 3.27. The number of imidazole rings is 1. The minimum absolute atomic E-state index is 0.146. The van der Waals surface area contributed by atoms with Crippen LogP contribution >= 0.6 is 0 Å². The zero-order chi connectivity index (χ0) is 26.7. The Morgan fingerprint density at radius 1 is 1.00 bits per heavy atom. The third-order valence-electron chi connectivity index (χ3n) is 5.16. The van der Waals surface area contributed by atoms with Crippen molar-refractivity contribution in [1.29, 1.82) is 0 Å². The molecule has 15 nitrogen and oxygen atoms in total. The fraction of sp³-hybridized carbons (Fsp3) is 0.550. The number of carboxylic acid groups (broad SMARTS) is 2. The molecule has 0 bridgehead atoms. The molecule has 0 aliphatic rings. The fourth-order valence-electron chi connectivity index (χ4n) is 3.00. The lowest BCUT2D eigenvalue weighted by Gasteiger charge is -2.26. The van der Waals surface area contributed by atoms with Crippen LogP contribution in [0.5, 0.6) is 0 Å². The molecule has 1 rings (SSSR count). The lowest BCUT2D eigenvalue weighted by molar-refractivity contribution is -0.144. The Morgan fingerprint density at radius 2 is 1.60 bits per heavy atom. The molecule has 5 unspecified atom stereocenters. The summed E-state index contributed by atoms with van der Waals surface area (Å²) in [5.74, 6) is -6.84. The Kier molecular flexibility index (Phi) is 11.3. The van der Waals surface area contributed by atoms with E-state index in [0.717, 1.165) is 0 Å². The van der Waals surface area contributed by atoms with E-state index >= 15 is 0 Å². The van der Waals surface area contributed by atoms with E-state index in [0.29, 0.717) is 12.1 Å². The zero-order valence-electron chi connectivity index (χ0n) is 19.3. The molecule has 5 atom stereocenters. The van der Waals surface area contributed by atoms with Gasteiger partial charge in [0.05, 0.1) is 25.2 Å². The highest BCUT2D eigenvalue weighted by molar-refractivity contribution is 5.96. The maximum absolute atomic E-state index is 13.0. The number of carbonyl (C=O) groups excluding carboxylic acids is 4. The summed E-state index contributed by atoms with van der Waals surface area (Å²) in [5.41, 5.74) is 11.2. The van der Waals surface area contributed by atoms with Crippen LogP contribution in [0.2, 0.25) is 0 Å². The van der Waals surface area contributed by atoms with Crippen LogP contribution in [0.4, 0.5) is 0 Å². The van der Waals surface area contributed by atoms with Crippen molar-refractivity contribution in [3.05, 3.63) is 18.2 Å². The summed E-state index contributed by atoms with van der Waals surface area (Å²) in [5, 5.41) is 25.1. The van der Waals surface area contributed by atoms with Crippen molar-refractivity contribution in [1.82, 2.24) is 25.9 Å². The van der Waals surface area contributed by atoms with Gasteiger partial charge in [0.1, 0.15) is 18.1 Å². The Hall–Kier alpha value is -4.01. The summed E-state index contributed by atoms with van der Waals surface area (Å²) in [6.07, 6.45) is 1.65. The Labute approximate surface area is 200 Å². The second kappa shape index (κ2) is 13.6. The minimum atomic E-state index is -1.54. The number of carbonyl (C=O) groups is 6. The molecule has 1 aromatic heterocycles. The third kappa shape index (κ3) is 9.79. The maximum Gasteiger partial charge on any atom is 0.326 e. The summed E-state index contributed by atoms with van der Waals surface area (Å²) in [4.78, 5) is 78.5. The maximum atomic E-state index is 13.0. The van der Waals surface area contributed by atoms with Crippen LogP contribution < -0.4 is 27.4 Å². The van der Waals surface area contributed by atoms with Gasteiger partial charge in [0.2, 0.25) is 23.6 Å². The molecule has 35 heavy (non-hydrogen) atoms. The molecular formula is C20H31N7O8. The molecule has 194 valence electrons. The standard InChI is InChI=1S/C20H31N7O8/c1-3-9(2)16(20(34)35)27-19(33)13(6-14(22)28)26-18(32)12(4-10-7-23-8-24-10)25-17(31)11(21)5-15(29)30/h7-9,11-13,16H,3-6,21H2,1-2H3,(H2,22,28)(H,23,24)(H,25,31)(H,26,32)(H,27,33)(H,29,30)(H,34,35). The molecule has 1 aromatic rings. The molecule has 15 heteroatoms. The largest absolute Gasteiger partial charge is 0.481 e. The van der Waals surface area contributed by atoms with Gasteiger partial charge in [-0.25, -0.2) is 9.78 Å². The van der Waals surface area contributed by atoms with Gasteiger partial charge in [-0.05, 0) is 5.92 Å². The highest BCUT2D eigenvalue weighted by Gasteiger charge is 2.33. The molecule has 0 saturated heterocycles. The number of aromatic amines is 1. The van der Waals surface area contributed by atoms with E-state index in [2.05, 4.69) is 25.9 Å². The van der Waals surface area contributed by atoms with Gasteiger partial charge in [-0.1, -0.05) is 20.3 Å². The molecule has 0 aliphatic heterocycles. The third-order valence-corrected chi connectivity index (χ3v) is 5.16. The summed E-state index contributed by atoms with van der Waals surface area (Å²) in [7, 11) is 0. The first-order chi connectivity index (χ1) is 16.3. The van der Waals surface area contributed by atoms with Gasteiger partial charge in [0.25, 0.3) is 0 Å². The number of carboxylic acids is 2. The predicted molar refractivity (Wildman–Crippen MR) is 119 cm³/mol. The number of nitrogens with two attached hydrogens (primary N) is 2. The number of amides is 4. The van der Waals surface area contributed by atoms with E-state index in [1.54, 1.807) is 13.8 Å². The van der Waals surface area contributed by atoms with Crippen molar-refractivity contribution in [3.8, 4) is 0 Å². The molecule has 0 saturated carbocycles. The summed E-state index contributed by atoms with van der Waals surface area (Å²) in [6, 6.07) is -5.63. The van der Waals surface area contributed by atoms with Crippen molar-refractivity contribution in [3.63, 3.8) is 0 Å². The lowest BCUT2D eigenvalue weighted by atomic mass is 9.98. The topological polar surface area (TPSA) is 260 Å². The van der Waals surface area contributed by atoms with Crippen LogP contribution in [0.1, 0.15) is 38.8 Å². The van der Waals surface area contributed by atoms with Gasteiger partial charge >= 0.3 is 11.9 Å². The summed E-state index contributed by atoms with van der Waals surface area (Å²) in [6.45, 7) is 3.34. The summed E-state index contributed by atoms with van der Waals surface area (Å²) < 4.78 is 0. The van der Waals surface area contributed by atoms with Gasteiger partial charge in [0, 0.05) is 18.3 Å². The van der Waals surface area contributed by atoms with Crippen molar-refractivity contribution in [2.75, 3.05) is 0 Å². The van der Waals surface area contributed by atoms with Crippen LogP contribution in [-0.4, -0.2) is 79.9 Å². The molecule has 0 aromatic carbocycles. The number of aromatic nitrogens is 2. The van der Waals surface area contributed by atoms with E-state index in [4.69, 9.17) is 16.6 Å². The van der Waals surface area contributed by atoms with Crippen LogP contribution in [0.25, 0.3) is 0 Å².